The van der Waals surface area contributed by atoms with E-state index in [0.717, 1.165) is 12.5 Å². The molecule has 1 aliphatic rings. The molecule has 0 bridgehead atoms. The van der Waals surface area contributed by atoms with Gasteiger partial charge in [0, 0.05) is 6.61 Å². The van der Waals surface area contributed by atoms with E-state index < -0.39 is 0 Å². The van der Waals surface area contributed by atoms with Crippen LogP contribution in [0.3, 0.4) is 0 Å². The van der Waals surface area contributed by atoms with Crippen LogP contribution in [0.1, 0.15) is 110 Å². The fraction of sp³-hybridized carbons (Fsp3) is 1.00. The highest BCUT2D eigenvalue weighted by Crippen LogP contribution is 2.19. The Morgan fingerprint density at radius 3 is 1.52 bits per heavy atom. The van der Waals surface area contributed by atoms with E-state index >= 15 is 0 Å². The minimum Gasteiger partial charge on any atom is -0.378 e. The van der Waals surface area contributed by atoms with E-state index in [1.807, 2.05) is 0 Å². The molecule has 1 unspecified atom stereocenters. The van der Waals surface area contributed by atoms with E-state index in [1.165, 1.54) is 96.3 Å². The van der Waals surface area contributed by atoms with Crippen molar-refractivity contribution >= 4 is 0 Å². The molecule has 0 N–H and O–H groups in total. The molecule has 0 aromatic heterocycles. The van der Waals surface area contributed by atoms with Gasteiger partial charge in [0.15, 0.2) is 0 Å². The zero-order valence-electron chi connectivity index (χ0n) is 14.9. The van der Waals surface area contributed by atoms with Gasteiger partial charge in [-0.2, -0.15) is 0 Å². The van der Waals surface area contributed by atoms with Crippen LogP contribution in [0.15, 0.2) is 0 Å². The fourth-order valence-electron chi connectivity index (χ4n) is 3.20. The Kier molecular flexibility index (Phi) is 12.3. The van der Waals surface area contributed by atoms with Crippen LogP contribution < -0.4 is 0 Å². The molecular weight excluding hydrogens is 256 g/mol. The molecule has 1 aliphatic heterocycles. The van der Waals surface area contributed by atoms with Crippen molar-refractivity contribution in [3.63, 3.8) is 0 Å². The first kappa shape index (κ1) is 19.0. The average Bonchev–Trinajstić information content (AvgIpc) is 2.40. The smallest absolute Gasteiger partial charge is 0.0597 e. The zero-order chi connectivity index (χ0) is 15.2. The van der Waals surface area contributed by atoms with Gasteiger partial charge in [0.25, 0.3) is 0 Å². The summed E-state index contributed by atoms with van der Waals surface area (Å²) in [5, 5.41) is 0. The molecule has 1 heterocycles. The maximum Gasteiger partial charge on any atom is 0.0597 e. The molecule has 1 rings (SSSR count). The Morgan fingerprint density at radius 1 is 0.714 bits per heavy atom. The minimum absolute atomic E-state index is 0.630. The Balaban J connectivity index is 1.63. The van der Waals surface area contributed by atoms with Crippen LogP contribution in [0.25, 0.3) is 0 Å². The van der Waals surface area contributed by atoms with Crippen molar-refractivity contribution in [1.29, 1.82) is 0 Å². The highest BCUT2D eigenvalue weighted by molar-refractivity contribution is 4.65. The van der Waals surface area contributed by atoms with Crippen LogP contribution in [0.4, 0.5) is 0 Å². The van der Waals surface area contributed by atoms with Crippen molar-refractivity contribution in [2.45, 2.75) is 116 Å². The second kappa shape index (κ2) is 13.6. The summed E-state index contributed by atoms with van der Waals surface area (Å²) in [6, 6.07) is 0. The summed E-state index contributed by atoms with van der Waals surface area (Å²) in [5.41, 5.74) is 0. The van der Waals surface area contributed by atoms with Crippen LogP contribution in [0.2, 0.25) is 0 Å². The maximum atomic E-state index is 5.45. The quantitative estimate of drug-likeness (QED) is 0.299. The molecular formula is C20H40O. The molecule has 0 radical (unpaired) electrons. The van der Waals surface area contributed by atoms with Crippen molar-refractivity contribution in [3.8, 4) is 0 Å². The SMILES string of the molecule is CC(C)CCCCCCCCCCCCCCC1CCO1. The van der Waals surface area contributed by atoms with Gasteiger partial charge >= 0.3 is 0 Å². The third kappa shape index (κ3) is 12.2. The Hall–Kier alpha value is -0.0400. The summed E-state index contributed by atoms with van der Waals surface area (Å²) < 4.78 is 5.45. The van der Waals surface area contributed by atoms with Crippen LogP contribution in [0, 0.1) is 5.92 Å². The Labute approximate surface area is 134 Å². The molecule has 0 aromatic rings. The monoisotopic (exact) mass is 296 g/mol. The van der Waals surface area contributed by atoms with Crippen molar-refractivity contribution < 1.29 is 4.74 Å². The molecule has 1 nitrogen and oxygen atoms in total. The number of rotatable bonds is 15. The van der Waals surface area contributed by atoms with Crippen molar-refractivity contribution in [2.24, 2.45) is 5.92 Å². The lowest BCUT2D eigenvalue weighted by Crippen LogP contribution is -2.26. The molecule has 126 valence electrons. The number of ether oxygens (including phenoxy) is 1. The first-order valence-corrected chi connectivity index (χ1v) is 9.90. The molecule has 1 fully saturated rings. The summed E-state index contributed by atoms with van der Waals surface area (Å²) in [5.74, 6) is 0.895. The summed E-state index contributed by atoms with van der Waals surface area (Å²) in [6.07, 6.45) is 22.1. The predicted octanol–water partition coefficient (Wildman–Crippen LogP) is 6.89. The van der Waals surface area contributed by atoms with E-state index in [0.29, 0.717) is 6.10 Å². The standard InChI is InChI=1S/C20H40O/c1-19(2)15-13-11-9-7-5-3-4-6-8-10-12-14-16-20-17-18-21-20/h19-20H,3-18H2,1-2H3. The van der Waals surface area contributed by atoms with Gasteiger partial charge in [-0.3, -0.25) is 0 Å². The Morgan fingerprint density at radius 2 is 1.14 bits per heavy atom. The van der Waals surface area contributed by atoms with E-state index in [9.17, 15) is 0 Å². The molecule has 1 saturated heterocycles. The summed E-state index contributed by atoms with van der Waals surface area (Å²) in [7, 11) is 0. The average molecular weight is 297 g/mol. The van der Waals surface area contributed by atoms with Crippen molar-refractivity contribution in [3.05, 3.63) is 0 Å². The Bertz CT molecular complexity index is 208. The second-order valence-corrected chi connectivity index (χ2v) is 7.50. The summed E-state index contributed by atoms with van der Waals surface area (Å²) in [6.45, 7) is 5.69. The van der Waals surface area contributed by atoms with Gasteiger partial charge in [0.05, 0.1) is 6.10 Å². The highest BCUT2D eigenvalue weighted by atomic mass is 16.5. The lowest BCUT2D eigenvalue weighted by molar-refractivity contribution is -0.0555. The molecule has 0 aliphatic carbocycles. The van der Waals surface area contributed by atoms with Gasteiger partial charge in [0.1, 0.15) is 0 Å². The second-order valence-electron chi connectivity index (χ2n) is 7.50. The predicted molar refractivity (Wildman–Crippen MR) is 93.8 cm³/mol. The lowest BCUT2D eigenvalue weighted by atomic mass is 10.0. The number of hydrogen-bond donors (Lipinski definition) is 0. The largest absolute Gasteiger partial charge is 0.378 e. The summed E-state index contributed by atoms with van der Waals surface area (Å²) in [4.78, 5) is 0. The normalized spacial score (nSPS) is 18.1. The maximum absolute atomic E-state index is 5.45. The highest BCUT2D eigenvalue weighted by Gasteiger charge is 2.16. The molecule has 0 aromatic carbocycles. The topological polar surface area (TPSA) is 9.23 Å². The first-order chi connectivity index (χ1) is 10.3. The molecule has 0 saturated carbocycles. The van der Waals surface area contributed by atoms with E-state index in [-0.39, 0.29) is 0 Å². The van der Waals surface area contributed by atoms with Gasteiger partial charge in [-0.05, 0) is 18.8 Å². The first-order valence-electron chi connectivity index (χ1n) is 9.90. The summed E-state index contributed by atoms with van der Waals surface area (Å²) >= 11 is 0. The van der Waals surface area contributed by atoms with Gasteiger partial charge in [-0.25, -0.2) is 0 Å². The van der Waals surface area contributed by atoms with Gasteiger partial charge < -0.3 is 4.74 Å². The zero-order valence-corrected chi connectivity index (χ0v) is 14.9. The van der Waals surface area contributed by atoms with Gasteiger partial charge in [0.2, 0.25) is 0 Å². The molecule has 1 heteroatoms. The lowest BCUT2D eigenvalue weighted by Gasteiger charge is -2.26. The van der Waals surface area contributed by atoms with Gasteiger partial charge in [-0.15, -0.1) is 0 Å². The third-order valence-electron chi connectivity index (χ3n) is 4.85. The molecule has 1 atom stereocenters. The molecule has 21 heavy (non-hydrogen) atoms. The van der Waals surface area contributed by atoms with E-state index in [2.05, 4.69) is 13.8 Å². The van der Waals surface area contributed by atoms with Crippen molar-refractivity contribution in [1.82, 2.24) is 0 Å². The van der Waals surface area contributed by atoms with E-state index in [1.54, 1.807) is 0 Å². The third-order valence-corrected chi connectivity index (χ3v) is 4.85. The number of hydrogen-bond acceptors (Lipinski definition) is 1. The molecule has 0 spiro atoms. The van der Waals surface area contributed by atoms with Crippen LogP contribution in [-0.4, -0.2) is 12.7 Å². The van der Waals surface area contributed by atoms with Crippen LogP contribution >= 0.6 is 0 Å². The van der Waals surface area contributed by atoms with Crippen molar-refractivity contribution in [2.75, 3.05) is 6.61 Å². The van der Waals surface area contributed by atoms with Gasteiger partial charge in [-0.1, -0.05) is 97.3 Å². The molecule has 0 amide bonds. The minimum atomic E-state index is 0.630. The van der Waals surface area contributed by atoms with Crippen LogP contribution in [-0.2, 0) is 4.74 Å². The number of unbranched alkanes of at least 4 members (excludes halogenated alkanes) is 11. The van der Waals surface area contributed by atoms with E-state index in [4.69, 9.17) is 4.74 Å². The fourth-order valence-corrected chi connectivity index (χ4v) is 3.20. The van der Waals surface area contributed by atoms with Crippen LogP contribution in [0.5, 0.6) is 0 Å².